The number of hydrogen-bond donors (Lipinski definition) is 1. The number of fused-ring (bicyclic) bond motifs is 5. The van der Waals surface area contributed by atoms with Crippen molar-refractivity contribution in [2.24, 2.45) is 0 Å². The number of hydrogen-bond acceptors (Lipinski definition) is 7. The first kappa shape index (κ1) is 23.0. The largest absolute Gasteiger partial charge is 0.439 e. The van der Waals surface area contributed by atoms with E-state index in [0.29, 0.717) is 35.4 Å². The van der Waals surface area contributed by atoms with Crippen molar-refractivity contribution in [3.8, 4) is 28.5 Å². The molecule has 0 unspecified atom stereocenters. The topological polar surface area (TPSA) is 100 Å². The minimum atomic E-state index is -2.98. The zero-order valence-electron chi connectivity index (χ0n) is 20.0. The SMILES string of the molecule is CC(C)(O)c1ncc(-c2ccc3nc4n(c3c2)Cc2c(cccc2OC(F)F)Oc2ccnn2C4)cn1. The number of nitrogens with zero attached hydrogens (tertiary/aromatic N) is 6. The molecule has 0 radical (unpaired) electrons. The summed E-state index contributed by atoms with van der Waals surface area (Å²) in [6, 6.07) is 12.3. The van der Waals surface area contributed by atoms with Gasteiger partial charge < -0.3 is 19.1 Å². The molecule has 0 saturated heterocycles. The molecule has 0 fully saturated rings. The molecule has 0 aliphatic carbocycles. The van der Waals surface area contributed by atoms with Gasteiger partial charge >= 0.3 is 6.61 Å². The third-order valence-corrected chi connectivity index (χ3v) is 6.17. The van der Waals surface area contributed by atoms with Gasteiger partial charge in [0, 0.05) is 24.0 Å². The molecule has 0 atom stereocenters. The molecule has 2 aromatic carbocycles. The van der Waals surface area contributed by atoms with Crippen LogP contribution in [0, 0.1) is 0 Å². The van der Waals surface area contributed by atoms with Gasteiger partial charge in [0.05, 0.1) is 29.3 Å². The second kappa shape index (κ2) is 8.63. The summed E-state index contributed by atoms with van der Waals surface area (Å²) in [6.45, 7) is 0.766. The Kier molecular flexibility index (Phi) is 5.37. The maximum absolute atomic E-state index is 13.2. The number of alkyl halides is 2. The molecule has 9 nitrogen and oxygen atoms in total. The zero-order chi connectivity index (χ0) is 25.7. The van der Waals surface area contributed by atoms with Gasteiger partial charge in [-0.3, -0.25) is 0 Å². The first-order valence-corrected chi connectivity index (χ1v) is 11.6. The van der Waals surface area contributed by atoms with Crippen LogP contribution in [0.3, 0.4) is 0 Å². The zero-order valence-corrected chi connectivity index (χ0v) is 20.0. The van der Waals surface area contributed by atoms with Crippen molar-refractivity contribution in [2.45, 2.75) is 39.1 Å². The van der Waals surface area contributed by atoms with Crippen molar-refractivity contribution in [3.05, 3.63) is 78.3 Å². The van der Waals surface area contributed by atoms with E-state index in [9.17, 15) is 13.9 Å². The molecule has 1 N–H and O–H groups in total. The average Bonchev–Trinajstić information content (AvgIpc) is 3.44. The number of rotatable bonds is 4. The van der Waals surface area contributed by atoms with Gasteiger partial charge in [-0.15, -0.1) is 0 Å². The summed E-state index contributed by atoms with van der Waals surface area (Å²) in [5.74, 6) is 1.87. The molecule has 0 amide bonds. The number of aliphatic hydroxyl groups is 1. The number of imidazole rings is 1. The first-order valence-electron chi connectivity index (χ1n) is 11.6. The fourth-order valence-electron chi connectivity index (χ4n) is 4.38. The van der Waals surface area contributed by atoms with Crippen molar-refractivity contribution >= 4 is 11.0 Å². The minimum absolute atomic E-state index is 0.0278. The van der Waals surface area contributed by atoms with Gasteiger partial charge in [-0.05, 0) is 43.7 Å². The molecule has 1 aliphatic rings. The van der Waals surface area contributed by atoms with Crippen LogP contribution in [-0.4, -0.2) is 41.0 Å². The Bertz CT molecular complexity index is 1610. The highest BCUT2D eigenvalue weighted by molar-refractivity contribution is 5.82. The summed E-state index contributed by atoms with van der Waals surface area (Å²) in [5.41, 5.74) is 2.42. The van der Waals surface area contributed by atoms with E-state index in [1.807, 2.05) is 22.8 Å². The molecule has 0 saturated carbocycles. The Labute approximate surface area is 210 Å². The first-order chi connectivity index (χ1) is 17.8. The lowest BCUT2D eigenvalue weighted by molar-refractivity contribution is -0.0505. The molecule has 5 aromatic rings. The third kappa shape index (κ3) is 4.27. The summed E-state index contributed by atoms with van der Waals surface area (Å²) >= 11 is 0. The van der Waals surface area contributed by atoms with E-state index in [2.05, 4.69) is 15.1 Å². The molecule has 11 heteroatoms. The number of ether oxygens (including phenoxy) is 2. The molecule has 3 aromatic heterocycles. The van der Waals surface area contributed by atoms with Gasteiger partial charge in [0.2, 0.25) is 5.88 Å². The predicted octanol–water partition coefficient (Wildman–Crippen LogP) is 4.72. The summed E-state index contributed by atoms with van der Waals surface area (Å²) in [6.07, 6.45) is 4.93. The van der Waals surface area contributed by atoms with Gasteiger partial charge in [-0.25, -0.2) is 19.6 Å². The number of benzene rings is 2. The van der Waals surface area contributed by atoms with Crippen LogP contribution in [0.2, 0.25) is 0 Å². The number of aromatic nitrogens is 6. The van der Waals surface area contributed by atoms with E-state index < -0.39 is 12.2 Å². The van der Waals surface area contributed by atoms with Gasteiger partial charge in [0.25, 0.3) is 0 Å². The molecular formula is C26H22F2N6O3. The fraction of sp³-hybridized carbons (Fsp3) is 0.231. The van der Waals surface area contributed by atoms with Crippen molar-refractivity contribution in [1.29, 1.82) is 0 Å². The van der Waals surface area contributed by atoms with Crippen LogP contribution >= 0.6 is 0 Å². The Hall–Kier alpha value is -4.38. The van der Waals surface area contributed by atoms with Gasteiger partial charge in [0.15, 0.2) is 5.82 Å². The van der Waals surface area contributed by atoms with Crippen LogP contribution in [0.25, 0.3) is 22.2 Å². The van der Waals surface area contributed by atoms with Crippen LogP contribution in [0.5, 0.6) is 17.4 Å². The standard InChI is InChI=1S/C26H22F2N6O3/c1-26(2,35)24-29-11-16(12-30-24)15-6-7-18-19(10-15)33-13-17-20(4-3-5-21(17)37-25(27)28)36-23-8-9-31-34(23)14-22(33)32-18/h3-12,25,35H,13-14H2,1-2H3. The maximum atomic E-state index is 13.2. The van der Waals surface area contributed by atoms with Crippen LogP contribution in [0.1, 0.15) is 31.1 Å². The monoisotopic (exact) mass is 504 g/mol. The second-order valence-electron chi connectivity index (χ2n) is 9.21. The smallest absolute Gasteiger partial charge is 0.387 e. The Morgan fingerprint density at radius 1 is 1.05 bits per heavy atom. The fourth-order valence-corrected chi connectivity index (χ4v) is 4.38. The van der Waals surface area contributed by atoms with Crippen LogP contribution in [-0.2, 0) is 18.7 Å². The molecular weight excluding hydrogens is 482 g/mol. The normalized spacial score (nSPS) is 13.2. The summed E-state index contributed by atoms with van der Waals surface area (Å²) < 4.78 is 41.0. The summed E-state index contributed by atoms with van der Waals surface area (Å²) in [7, 11) is 0. The lowest BCUT2D eigenvalue weighted by atomic mass is 10.1. The second-order valence-corrected chi connectivity index (χ2v) is 9.21. The highest BCUT2D eigenvalue weighted by Gasteiger charge is 2.23. The lowest BCUT2D eigenvalue weighted by Gasteiger charge is -2.16. The molecule has 4 heterocycles. The average molecular weight is 504 g/mol. The Balaban J connectivity index is 1.51. The Morgan fingerprint density at radius 2 is 1.86 bits per heavy atom. The summed E-state index contributed by atoms with van der Waals surface area (Å²) in [4.78, 5) is 13.4. The Morgan fingerprint density at radius 3 is 2.62 bits per heavy atom. The van der Waals surface area contributed by atoms with E-state index in [1.54, 1.807) is 55.3 Å². The van der Waals surface area contributed by atoms with Gasteiger partial charge in [0.1, 0.15) is 29.5 Å². The lowest BCUT2D eigenvalue weighted by Crippen LogP contribution is -2.19. The number of halogens is 2. The highest BCUT2D eigenvalue weighted by atomic mass is 19.3. The van der Waals surface area contributed by atoms with E-state index >= 15 is 0 Å². The maximum Gasteiger partial charge on any atom is 0.387 e. The van der Waals surface area contributed by atoms with Gasteiger partial charge in [-0.1, -0.05) is 12.1 Å². The van der Waals surface area contributed by atoms with Gasteiger partial charge in [-0.2, -0.15) is 13.9 Å². The quantitative estimate of drug-likeness (QED) is 0.371. The van der Waals surface area contributed by atoms with Crippen LogP contribution in [0.15, 0.2) is 61.1 Å². The third-order valence-electron chi connectivity index (χ3n) is 6.17. The molecule has 0 bridgehead atoms. The van der Waals surface area contributed by atoms with E-state index in [0.717, 1.165) is 22.2 Å². The molecule has 6 rings (SSSR count). The molecule has 0 spiro atoms. The molecule has 1 aliphatic heterocycles. The molecule has 37 heavy (non-hydrogen) atoms. The molecule has 188 valence electrons. The summed E-state index contributed by atoms with van der Waals surface area (Å²) in [5, 5.41) is 14.5. The van der Waals surface area contributed by atoms with Crippen molar-refractivity contribution < 1.29 is 23.4 Å². The van der Waals surface area contributed by atoms with Crippen molar-refractivity contribution in [2.75, 3.05) is 0 Å². The predicted molar refractivity (Wildman–Crippen MR) is 130 cm³/mol. The van der Waals surface area contributed by atoms with Crippen molar-refractivity contribution in [1.82, 2.24) is 29.3 Å². The minimum Gasteiger partial charge on any atom is -0.439 e. The van der Waals surface area contributed by atoms with E-state index in [-0.39, 0.29) is 12.3 Å². The van der Waals surface area contributed by atoms with Crippen LogP contribution < -0.4 is 9.47 Å². The van der Waals surface area contributed by atoms with E-state index in [4.69, 9.17) is 14.5 Å². The van der Waals surface area contributed by atoms with Crippen molar-refractivity contribution in [3.63, 3.8) is 0 Å². The van der Waals surface area contributed by atoms with Crippen LogP contribution in [0.4, 0.5) is 8.78 Å². The highest BCUT2D eigenvalue weighted by Crippen LogP contribution is 2.37. The van der Waals surface area contributed by atoms with E-state index in [1.165, 1.54) is 6.07 Å².